The van der Waals surface area contributed by atoms with Crippen molar-refractivity contribution in [2.24, 2.45) is 11.8 Å². The number of alkyl halides is 3. The maximum Gasteiger partial charge on any atom is 0.412 e. The van der Waals surface area contributed by atoms with Gasteiger partial charge < -0.3 is 25.6 Å². The van der Waals surface area contributed by atoms with Gasteiger partial charge in [-0.05, 0) is 18.3 Å². The molecule has 4 N–H and O–H groups in total. The fraction of sp³-hybridized carbons (Fsp3) is 0.524. The van der Waals surface area contributed by atoms with E-state index >= 15 is 0 Å². The Bertz CT molecular complexity index is 1050. The molecule has 1 fully saturated rings. The predicted molar refractivity (Wildman–Crippen MR) is 112 cm³/mol. The Labute approximate surface area is 182 Å². The summed E-state index contributed by atoms with van der Waals surface area (Å²) in [7, 11) is 0. The number of halogens is 3. The lowest BCUT2D eigenvalue weighted by Gasteiger charge is -2.33. The second kappa shape index (κ2) is 8.72. The number of fused-ring (bicyclic) bond motifs is 1. The molecule has 0 radical (unpaired) electrons. The van der Waals surface area contributed by atoms with Gasteiger partial charge in [0.2, 0.25) is 0 Å². The highest BCUT2D eigenvalue weighted by Crippen LogP contribution is 2.39. The Morgan fingerprint density at radius 2 is 2.09 bits per heavy atom. The van der Waals surface area contributed by atoms with Crippen LogP contribution in [0.15, 0.2) is 29.9 Å². The number of rotatable bonds is 5. The number of aromatic nitrogens is 3. The van der Waals surface area contributed by atoms with E-state index in [1.54, 1.807) is 19.1 Å². The highest BCUT2D eigenvalue weighted by molar-refractivity contribution is 5.69. The first-order valence-electron chi connectivity index (χ1n) is 10.4. The number of aliphatic hydroxyl groups excluding tert-OH is 2. The van der Waals surface area contributed by atoms with Crippen LogP contribution in [0, 0.1) is 11.8 Å². The summed E-state index contributed by atoms with van der Waals surface area (Å²) in [5, 5.41) is 23.9. The average Bonchev–Trinajstić information content (AvgIpc) is 3.12. The van der Waals surface area contributed by atoms with E-state index in [1.807, 2.05) is 4.90 Å². The number of imidazole rings is 1. The first-order chi connectivity index (χ1) is 15.2. The van der Waals surface area contributed by atoms with Gasteiger partial charge in [-0.1, -0.05) is 25.2 Å². The third-order valence-electron chi connectivity index (χ3n) is 6.11. The van der Waals surface area contributed by atoms with Crippen molar-refractivity contribution in [1.29, 1.82) is 0 Å². The molecule has 1 saturated heterocycles. The third kappa shape index (κ3) is 4.19. The molecule has 2 unspecified atom stereocenters. The lowest BCUT2D eigenvalue weighted by Crippen LogP contribution is -2.44. The highest BCUT2D eigenvalue weighted by Gasteiger charge is 2.40. The Balaban J connectivity index is 1.70. The van der Waals surface area contributed by atoms with Crippen LogP contribution in [-0.2, 0) is 17.8 Å². The molecule has 4 rings (SSSR count). The number of nitrogens with two attached hydrogens (primary N) is 1. The maximum absolute atomic E-state index is 13.4. The van der Waals surface area contributed by atoms with Crippen molar-refractivity contribution in [2.75, 3.05) is 36.9 Å². The summed E-state index contributed by atoms with van der Waals surface area (Å²) < 4.78 is 47.2. The summed E-state index contributed by atoms with van der Waals surface area (Å²) in [6, 6.07) is 1.67. The molecule has 174 valence electrons. The van der Waals surface area contributed by atoms with E-state index in [4.69, 9.17) is 10.5 Å². The van der Waals surface area contributed by atoms with Gasteiger partial charge in [-0.3, -0.25) is 0 Å². The van der Waals surface area contributed by atoms with Crippen LogP contribution in [0.5, 0.6) is 0 Å². The smallest absolute Gasteiger partial charge is 0.396 e. The molecule has 1 aliphatic heterocycles. The zero-order valence-electron chi connectivity index (χ0n) is 17.6. The van der Waals surface area contributed by atoms with E-state index in [2.05, 4.69) is 10.1 Å². The van der Waals surface area contributed by atoms with Crippen LogP contribution in [-0.4, -0.2) is 63.4 Å². The Morgan fingerprint density at radius 3 is 2.78 bits per heavy atom. The van der Waals surface area contributed by atoms with Crippen molar-refractivity contribution in [3.05, 3.63) is 41.3 Å². The van der Waals surface area contributed by atoms with E-state index in [9.17, 15) is 23.4 Å². The van der Waals surface area contributed by atoms with E-state index in [1.165, 1.54) is 10.6 Å². The van der Waals surface area contributed by atoms with Gasteiger partial charge in [0, 0.05) is 24.7 Å². The van der Waals surface area contributed by atoms with Gasteiger partial charge in [0.1, 0.15) is 0 Å². The van der Waals surface area contributed by atoms with E-state index in [-0.39, 0.29) is 25.7 Å². The maximum atomic E-state index is 13.4. The molecule has 0 amide bonds. The first kappa shape index (κ1) is 22.6. The lowest BCUT2D eigenvalue weighted by molar-refractivity contribution is -0.100. The SMILES string of the molecule is CC1C(C(F)(F)F)=CC=C[C@@H]1Cc1c(CO)nc2c(N)cc(N3CCOC(CO)C3)nn12. The van der Waals surface area contributed by atoms with Crippen LogP contribution in [0.25, 0.3) is 5.65 Å². The van der Waals surface area contributed by atoms with Crippen LogP contribution in [0.3, 0.4) is 0 Å². The van der Waals surface area contributed by atoms with Crippen LogP contribution in [0.2, 0.25) is 0 Å². The van der Waals surface area contributed by atoms with Crippen LogP contribution in [0.1, 0.15) is 18.3 Å². The molecule has 2 aromatic heterocycles. The summed E-state index contributed by atoms with van der Waals surface area (Å²) in [4.78, 5) is 6.31. The topological polar surface area (TPSA) is 109 Å². The van der Waals surface area contributed by atoms with Crippen molar-refractivity contribution in [1.82, 2.24) is 14.6 Å². The molecule has 32 heavy (non-hydrogen) atoms. The minimum Gasteiger partial charge on any atom is -0.396 e. The molecule has 11 heteroatoms. The number of morpholine rings is 1. The third-order valence-corrected chi connectivity index (χ3v) is 6.11. The largest absolute Gasteiger partial charge is 0.412 e. The van der Waals surface area contributed by atoms with Gasteiger partial charge in [0.25, 0.3) is 0 Å². The number of ether oxygens (including phenoxy) is 1. The quantitative estimate of drug-likeness (QED) is 0.634. The molecule has 0 spiro atoms. The monoisotopic (exact) mass is 453 g/mol. The minimum atomic E-state index is -4.41. The highest BCUT2D eigenvalue weighted by atomic mass is 19.4. The second-order valence-electron chi connectivity index (χ2n) is 8.14. The average molecular weight is 453 g/mol. The Kier molecular flexibility index (Phi) is 6.15. The first-order valence-corrected chi connectivity index (χ1v) is 10.4. The Hall–Kier alpha value is -2.63. The summed E-state index contributed by atoms with van der Waals surface area (Å²) in [5.41, 5.74) is 7.18. The van der Waals surface area contributed by atoms with Crippen LogP contribution in [0.4, 0.5) is 24.7 Å². The summed E-state index contributed by atoms with van der Waals surface area (Å²) in [6.45, 7) is 2.43. The molecule has 0 aromatic carbocycles. The molecule has 0 saturated carbocycles. The lowest BCUT2D eigenvalue weighted by atomic mass is 9.80. The summed E-state index contributed by atoms with van der Waals surface area (Å²) >= 11 is 0. The fourth-order valence-electron chi connectivity index (χ4n) is 4.31. The summed E-state index contributed by atoms with van der Waals surface area (Å²) in [5.74, 6) is -0.666. The Morgan fingerprint density at radius 1 is 1.31 bits per heavy atom. The summed E-state index contributed by atoms with van der Waals surface area (Å²) in [6.07, 6.45) is -0.282. The van der Waals surface area contributed by atoms with Gasteiger partial charge in [-0.2, -0.15) is 13.2 Å². The predicted octanol–water partition coefficient (Wildman–Crippen LogP) is 1.85. The number of aliphatic hydroxyl groups is 2. The van der Waals surface area contributed by atoms with Gasteiger partial charge in [0.05, 0.1) is 43.0 Å². The number of anilines is 2. The van der Waals surface area contributed by atoms with Crippen LogP contribution < -0.4 is 10.6 Å². The molecule has 3 atom stereocenters. The molecular formula is C21H26F3N5O3. The van der Waals surface area contributed by atoms with Crippen molar-refractivity contribution in [3.8, 4) is 0 Å². The van der Waals surface area contributed by atoms with Crippen LogP contribution >= 0.6 is 0 Å². The van der Waals surface area contributed by atoms with Crippen molar-refractivity contribution in [2.45, 2.75) is 32.2 Å². The number of allylic oxidation sites excluding steroid dienone is 4. The normalized spacial score (nSPS) is 24.2. The number of hydrogen-bond acceptors (Lipinski definition) is 7. The standard InChI is InChI=1S/C21H26F3N5O3/c1-12-13(3-2-4-15(12)21(22,23)24)7-18-17(11-31)26-20-16(25)8-19(27-29(18)20)28-5-6-32-14(9-28)10-30/h2-4,8,12-14,30-31H,5-7,9-11,25H2,1H3/t12?,13-,14?/m1/s1. The van der Waals surface area contributed by atoms with Crippen molar-refractivity contribution in [3.63, 3.8) is 0 Å². The number of hydrogen-bond donors (Lipinski definition) is 3. The van der Waals surface area contributed by atoms with Gasteiger partial charge in [-0.15, -0.1) is 5.10 Å². The van der Waals surface area contributed by atoms with Crippen molar-refractivity contribution >= 4 is 17.2 Å². The molecule has 2 aromatic rings. The van der Waals surface area contributed by atoms with Gasteiger partial charge in [0.15, 0.2) is 11.5 Å². The van der Waals surface area contributed by atoms with E-state index in [0.717, 1.165) is 6.08 Å². The fourth-order valence-corrected chi connectivity index (χ4v) is 4.31. The van der Waals surface area contributed by atoms with E-state index in [0.29, 0.717) is 48.2 Å². The zero-order valence-corrected chi connectivity index (χ0v) is 17.6. The zero-order chi connectivity index (χ0) is 23.0. The molecule has 1 aliphatic carbocycles. The molecule has 8 nitrogen and oxygen atoms in total. The number of nitrogens with zero attached hydrogens (tertiary/aromatic N) is 4. The molecule has 0 bridgehead atoms. The number of nitrogen functional groups attached to an aromatic ring is 1. The molecule has 2 aliphatic rings. The molecular weight excluding hydrogens is 427 g/mol. The second-order valence-corrected chi connectivity index (χ2v) is 8.14. The van der Waals surface area contributed by atoms with Gasteiger partial charge >= 0.3 is 6.18 Å². The molecule has 3 heterocycles. The van der Waals surface area contributed by atoms with Crippen molar-refractivity contribution < 1.29 is 28.1 Å². The van der Waals surface area contributed by atoms with Gasteiger partial charge in [-0.25, -0.2) is 9.50 Å². The minimum absolute atomic E-state index is 0.125. The van der Waals surface area contributed by atoms with E-state index < -0.39 is 23.6 Å².